The standard InChI is InChI=1S/C16H16F4N6S/c17-8-1-2-12-11(5-8)22-16(25-4-3-9(18)10(21)6-25)26(12)7-13-23-24-15(27-13)14(19)20/h1-2,5,9-10,14H,3-4,6-7,21H2/t9-,10-/m1/s1. The first kappa shape index (κ1) is 18.1. The van der Waals surface area contributed by atoms with Gasteiger partial charge >= 0.3 is 0 Å². The molecule has 2 N–H and O–H groups in total. The third kappa shape index (κ3) is 3.48. The van der Waals surface area contributed by atoms with E-state index in [1.165, 1.54) is 12.1 Å². The van der Waals surface area contributed by atoms with E-state index < -0.39 is 24.5 Å². The van der Waals surface area contributed by atoms with Crippen LogP contribution >= 0.6 is 11.3 Å². The number of anilines is 1. The first-order valence-electron chi connectivity index (χ1n) is 8.33. The number of aromatic nitrogens is 4. The highest BCUT2D eigenvalue weighted by molar-refractivity contribution is 7.11. The zero-order chi connectivity index (χ0) is 19.1. The molecule has 3 heterocycles. The Labute approximate surface area is 155 Å². The molecule has 1 fully saturated rings. The van der Waals surface area contributed by atoms with Crippen molar-refractivity contribution in [2.45, 2.75) is 31.6 Å². The number of halogens is 4. The Morgan fingerprint density at radius 3 is 2.81 bits per heavy atom. The zero-order valence-electron chi connectivity index (χ0n) is 14.0. The van der Waals surface area contributed by atoms with Gasteiger partial charge < -0.3 is 15.2 Å². The van der Waals surface area contributed by atoms with Gasteiger partial charge in [-0.3, -0.25) is 0 Å². The Balaban J connectivity index is 1.74. The van der Waals surface area contributed by atoms with Gasteiger partial charge in [-0.1, -0.05) is 11.3 Å². The zero-order valence-corrected chi connectivity index (χ0v) is 14.8. The van der Waals surface area contributed by atoms with Gasteiger partial charge in [0.15, 0.2) is 5.01 Å². The molecule has 0 aliphatic carbocycles. The molecule has 0 amide bonds. The van der Waals surface area contributed by atoms with Gasteiger partial charge in [0.25, 0.3) is 6.43 Å². The van der Waals surface area contributed by atoms with Crippen molar-refractivity contribution in [3.05, 3.63) is 34.0 Å². The summed E-state index contributed by atoms with van der Waals surface area (Å²) < 4.78 is 54.7. The number of piperidine rings is 1. The Kier molecular flexibility index (Phi) is 4.72. The predicted octanol–water partition coefficient (Wildman–Crippen LogP) is 2.89. The summed E-state index contributed by atoms with van der Waals surface area (Å²) in [6.07, 6.45) is -3.52. The summed E-state index contributed by atoms with van der Waals surface area (Å²) in [5, 5.41) is 7.32. The number of benzene rings is 1. The predicted molar refractivity (Wildman–Crippen MR) is 93.4 cm³/mol. The largest absolute Gasteiger partial charge is 0.340 e. The highest BCUT2D eigenvalue weighted by Gasteiger charge is 2.29. The third-order valence-electron chi connectivity index (χ3n) is 4.51. The van der Waals surface area contributed by atoms with Gasteiger partial charge in [0.05, 0.1) is 23.6 Å². The number of nitrogens with two attached hydrogens (primary N) is 1. The van der Waals surface area contributed by atoms with Gasteiger partial charge in [-0.25, -0.2) is 22.5 Å². The van der Waals surface area contributed by atoms with Crippen LogP contribution in [0, 0.1) is 5.82 Å². The molecule has 0 bridgehead atoms. The van der Waals surface area contributed by atoms with E-state index in [4.69, 9.17) is 5.73 Å². The average Bonchev–Trinajstić information content (AvgIpc) is 3.23. The molecule has 0 unspecified atom stereocenters. The molecule has 3 aromatic rings. The Hall–Kier alpha value is -2.27. The van der Waals surface area contributed by atoms with Crippen molar-refractivity contribution in [2.75, 3.05) is 18.0 Å². The lowest BCUT2D eigenvalue weighted by atomic mass is 10.1. The number of imidazole rings is 1. The van der Waals surface area contributed by atoms with E-state index >= 15 is 0 Å². The molecule has 27 heavy (non-hydrogen) atoms. The maximum atomic E-state index is 13.7. The fourth-order valence-electron chi connectivity index (χ4n) is 3.18. The van der Waals surface area contributed by atoms with Crippen LogP contribution in [0.5, 0.6) is 0 Å². The van der Waals surface area contributed by atoms with Crippen molar-refractivity contribution in [1.82, 2.24) is 19.7 Å². The third-order valence-corrected chi connectivity index (χ3v) is 5.42. The minimum atomic E-state index is -2.69. The first-order valence-corrected chi connectivity index (χ1v) is 9.15. The molecule has 0 radical (unpaired) electrons. The smallest absolute Gasteiger partial charge is 0.291 e. The molecule has 2 atom stereocenters. The summed E-state index contributed by atoms with van der Waals surface area (Å²) in [4.78, 5) is 6.30. The molecule has 4 rings (SSSR count). The second-order valence-corrected chi connectivity index (χ2v) is 7.47. The van der Waals surface area contributed by atoms with Crippen LogP contribution in [0.2, 0.25) is 0 Å². The number of alkyl halides is 3. The number of fused-ring (bicyclic) bond motifs is 1. The van der Waals surface area contributed by atoms with E-state index in [1.807, 2.05) is 4.90 Å². The molecule has 1 aliphatic heterocycles. The Bertz CT molecular complexity index is 958. The van der Waals surface area contributed by atoms with E-state index in [2.05, 4.69) is 15.2 Å². The summed E-state index contributed by atoms with van der Waals surface area (Å²) in [6, 6.07) is 3.50. The van der Waals surface area contributed by atoms with Crippen LogP contribution in [0.4, 0.5) is 23.5 Å². The van der Waals surface area contributed by atoms with Crippen LogP contribution < -0.4 is 10.6 Å². The molecular formula is C16H16F4N6S. The van der Waals surface area contributed by atoms with E-state index in [0.717, 1.165) is 11.3 Å². The van der Waals surface area contributed by atoms with E-state index in [-0.39, 0.29) is 24.5 Å². The van der Waals surface area contributed by atoms with Crippen molar-refractivity contribution >= 4 is 28.3 Å². The summed E-state index contributed by atoms with van der Waals surface area (Å²) >= 11 is 0.809. The molecule has 0 spiro atoms. The minimum absolute atomic E-state index is 0.145. The van der Waals surface area contributed by atoms with Crippen molar-refractivity contribution in [2.24, 2.45) is 5.73 Å². The molecule has 1 saturated heterocycles. The molecule has 1 aromatic carbocycles. The average molecular weight is 400 g/mol. The fraction of sp³-hybridized carbons (Fsp3) is 0.438. The number of nitrogens with zero attached hydrogens (tertiary/aromatic N) is 5. The summed E-state index contributed by atoms with van der Waals surface area (Å²) in [7, 11) is 0. The number of hydrogen-bond donors (Lipinski definition) is 1. The second kappa shape index (κ2) is 7.04. The molecule has 1 aliphatic rings. The highest BCUT2D eigenvalue weighted by Crippen LogP contribution is 2.29. The van der Waals surface area contributed by atoms with Crippen molar-refractivity contribution < 1.29 is 17.6 Å². The van der Waals surface area contributed by atoms with Crippen LogP contribution in [0.25, 0.3) is 11.0 Å². The van der Waals surface area contributed by atoms with E-state index in [1.54, 1.807) is 10.6 Å². The lowest BCUT2D eigenvalue weighted by Crippen LogP contribution is -2.50. The monoisotopic (exact) mass is 400 g/mol. The summed E-state index contributed by atoms with van der Waals surface area (Å²) in [5.74, 6) is 0.0421. The van der Waals surface area contributed by atoms with Crippen molar-refractivity contribution in [3.8, 4) is 0 Å². The SMILES string of the molecule is N[C@@H]1CN(c2nc3cc(F)ccc3n2Cc2nnc(C(F)F)s2)CC[C@H]1F. The van der Waals surface area contributed by atoms with Crippen molar-refractivity contribution in [3.63, 3.8) is 0 Å². The van der Waals surface area contributed by atoms with Crippen LogP contribution in [-0.4, -0.2) is 45.1 Å². The van der Waals surface area contributed by atoms with Crippen LogP contribution in [0.3, 0.4) is 0 Å². The second-order valence-electron chi connectivity index (χ2n) is 6.38. The van der Waals surface area contributed by atoms with Gasteiger partial charge in [-0.05, 0) is 18.6 Å². The molecule has 0 saturated carbocycles. The van der Waals surface area contributed by atoms with Gasteiger partial charge in [0.2, 0.25) is 5.95 Å². The Morgan fingerprint density at radius 2 is 2.11 bits per heavy atom. The normalized spacial score (nSPS) is 20.7. The Morgan fingerprint density at radius 1 is 1.30 bits per heavy atom. The van der Waals surface area contributed by atoms with Gasteiger partial charge in [0.1, 0.15) is 17.0 Å². The van der Waals surface area contributed by atoms with Gasteiger partial charge in [-0.2, -0.15) is 0 Å². The van der Waals surface area contributed by atoms with E-state index in [0.29, 0.717) is 28.5 Å². The number of rotatable bonds is 4. The van der Waals surface area contributed by atoms with E-state index in [9.17, 15) is 17.6 Å². The van der Waals surface area contributed by atoms with Crippen molar-refractivity contribution in [1.29, 1.82) is 0 Å². The van der Waals surface area contributed by atoms with Crippen LogP contribution in [0.15, 0.2) is 18.2 Å². The first-order chi connectivity index (χ1) is 12.9. The highest BCUT2D eigenvalue weighted by atomic mass is 32.1. The minimum Gasteiger partial charge on any atom is -0.340 e. The lowest BCUT2D eigenvalue weighted by molar-refractivity contribution is 0.150. The maximum Gasteiger partial charge on any atom is 0.291 e. The van der Waals surface area contributed by atoms with Gasteiger partial charge in [0, 0.05) is 19.2 Å². The fourth-order valence-corrected chi connectivity index (χ4v) is 3.86. The summed E-state index contributed by atoms with van der Waals surface area (Å²) in [5.41, 5.74) is 6.88. The molecule has 2 aromatic heterocycles. The van der Waals surface area contributed by atoms with Crippen LogP contribution in [-0.2, 0) is 6.54 Å². The topological polar surface area (TPSA) is 72.9 Å². The number of hydrogen-bond acceptors (Lipinski definition) is 6. The molecule has 6 nitrogen and oxygen atoms in total. The maximum absolute atomic E-state index is 13.7. The molecule has 11 heteroatoms. The van der Waals surface area contributed by atoms with Gasteiger partial charge in [-0.15, -0.1) is 10.2 Å². The summed E-state index contributed by atoms with van der Waals surface area (Å²) in [6.45, 7) is 0.803. The molecule has 144 valence electrons. The van der Waals surface area contributed by atoms with Crippen LogP contribution in [0.1, 0.15) is 22.9 Å². The molecular weight excluding hydrogens is 384 g/mol. The lowest BCUT2D eigenvalue weighted by Gasteiger charge is -2.34. The quantitative estimate of drug-likeness (QED) is 0.682.